The van der Waals surface area contributed by atoms with E-state index >= 15 is 0 Å². The van der Waals surface area contributed by atoms with E-state index in [1.165, 1.54) is 12.1 Å². The van der Waals surface area contributed by atoms with Gasteiger partial charge in [0, 0.05) is 0 Å². The number of hydrogen-bond donors (Lipinski definition) is 0. The minimum absolute atomic E-state index is 0. The van der Waals surface area contributed by atoms with Crippen molar-refractivity contribution in [2.24, 2.45) is 5.92 Å². The van der Waals surface area contributed by atoms with Gasteiger partial charge < -0.3 is 4.74 Å². The number of benzene rings is 1. The van der Waals surface area contributed by atoms with E-state index in [1.807, 2.05) is 20.3 Å². The molecule has 0 aromatic heterocycles. The Balaban J connectivity index is 0.00000225. The van der Waals surface area contributed by atoms with Gasteiger partial charge in [-0.05, 0) is 0 Å². The molecule has 92 valence electrons. The molecule has 0 aliphatic carbocycles. The van der Waals surface area contributed by atoms with Crippen molar-refractivity contribution >= 4 is 0 Å². The van der Waals surface area contributed by atoms with Crippen molar-refractivity contribution in [2.75, 3.05) is 0 Å². The molecule has 0 aliphatic heterocycles. The zero-order valence-electron chi connectivity index (χ0n) is 8.86. The van der Waals surface area contributed by atoms with Gasteiger partial charge in [-0.3, -0.25) is 0 Å². The maximum Gasteiger partial charge on any atom is 0.573 e. The van der Waals surface area contributed by atoms with Gasteiger partial charge in [0.25, 0.3) is 0 Å². The average molecular weight is 464 g/mol. The van der Waals surface area contributed by atoms with E-state index in [9.17, 15) is 13.2 Å². The maximum atomic E-state index is 11.8. The van der Waals surface area contributed by atoms with Crippen LogP contribution >= 0.6 is 0 Å². The summed E-state index contributed by atoms with van der Waals surface area (Å²) >= 11 is 0. The Morgan fingerprint density at radius 3 is 2.00 bits per heavy atom. The summed E-state index contributed by atoms with van der Waals surface area (Å²) in [5.74, 6) is 0.169. The van der Waals surface area contributed by atoms with Crippen LogP contribution in [0.4, 0.5) is 13.2 Å². The predicted molar refractivity (Wildman–Crippen MR) is 51.4 cm³/mol. The first kappa shape index (κ1) is 13.7. The van der Waals surface area contributed by atoms with Crippen molar-refractivity contribution < 1.29 is 17.9 Å². The molecular formula is C11H12CmF3O-. The van der Waals surface area contributed by atoms with E-state index in [1.54, 1.807) is 12.1 Å². The van der Waals surface area contributed by atoms with Gasteiger partial charge in [0.2, 0.25) is 0 Å². The third-order valence-corrected chi connectivity index (χ3v) is 1.64. The number of halogens is 3. The Morgan fingerprint density at radius 1 is 1.12 bits per heavy atom. The molecule has 1 rings (SSSR count). The number of ether oxygens (including phenoxy) is 1. The smallest absolute Gasteiger partial charge is 0.408 e. The standard InChI is InChI=1S/C11H12F3O.Cm/c1-8(2)7-9-3-5-10(6-4-9)15-11(12,13)14;/h3-8H,1-2H3;/q-1;. The molecule has 0 spiro atoms. The Morgan fingerprint density at radius 2 is 1.62 bits per heavy atom. The van der Waals surface area contributed by atoms with E-state index < -0.39 is 6.36 Å². The monoisotopic (exact) mass is 460 g/mol. The van der Waals surface area contributed by atoms with Crippen molar-refractivity contribution in [3.63, 3.8) is 0 Å². The molecule has 0 fully saturated rings. The van der Waals surface area contributed by atoms with Crippen LogP contribution in [0.2, 0.25) is 0 Å². The number of rotatable bonds is 3. The fourth-order valence-corrected chi connectivity index (χ4v) is 1.17. The molecule has 0 radical (unpaired) electrons. The fraction of sp³-hybridized carbons (Fsp3) is 0.364. The molecule has 0 N–H and O–H groups in total. The van der Waals surface area contributed by atoms with Gasteiger partial charge in [-0.25, -0.2) is 0 Å². The molecule has 0 heterocycles. The summed E-state index contributed by atoms with van der Waals surface area (Å²) in [6.07, 6.45) is -2.67. The average Bonchev–Trinajstić information content (AvgIpc) is 2.05. The Kier molecular flexibility index (Phi) is 4.24. The molecule has 0 atom stereocenters. The van der Waals surface area contributed by atoms with E-state index in [-0.39, 0.29) is 5.75 Å². The SMILES string of the molecule is CC(C)[CH-]c1ccc(OC(F)(F)F)cc1.[Cm]. The van der Waals surface area contributed by atoms with Crippen molar-refractivity contribution in [2.45, 2.75) is 20.2 Å². The first-order valence-corrected chi connectivity index (χ1v) is 4.57. The third kappa shape index (κ3) is 4.79. The molecule has 0 amide bonds. The molecular weight excluding hydrogens is 452 g/mol. The zero-order valence-corrected chi connectivity index (χ0v) is 11.8. The molecule has 1 nitrogen and oxygen atoms in total. The van der Waals surface area contributed by atoms with E-state index in [0.29, 0.717) is 5.92 Å². The van der Waals surface area contributed by atoms with Crippen LogP contribution in [0.5, 0.6) is 5.75 Å². The van der Waals surface area contributed by atoms with Crippen molar-refractivity contribution in [1.82, 2.24) is 0 Å². The summed E-state index contributed by atoms with van der Waals surface area (Å²) in [7, 11) is 0. The van der Waals surface area contributed by atoms with Crippen molar-refractivity contribution in [3.05, 3.63) is 36.2 Å². The first-order chi connectivity index (χ1) is 6.87. The molecule has 0 saturated carbocycles. The van der Waals surface area contributed by atoms with E-state index in [2.05, 4.69) is 4.74 Å². The fourth-order valence-electron chi connectivity index (χ4n) is 1.17. The van der Waals surface area contributed by atoms with Crippen LogP contribution in [0.1, 0.15) is 19.4 Å². The molecule has 1 aromatic rings. The van der Waals surface area contributed by atoms with Crippen LogP contribution in [-0.2, 0) is 0 Å². The number of hydrogen-bond acceptors (Lipinski definition) is 1. The van der Waals surface area contributed by atoms with Crippen molar-refractivity contribution in [3.8, 4) is 5.75 Å². The van der Waals surface area contributed by atoms with Crippen LogP contribution < -0.4 is 4.74 Å². The first-order valence-electron chi connectivity index (χ1n) is 4.57. The van der Waals surface area contributed by atoms with Crippen LogP contribution in [0.25, 0.3) is 0 Å². The maximum absolute atomic E-state index is 11.8. The van der Waals surface area contributed by atoms with E-state index in [0.717, 1.165) is 5.56 Å². The van der Waals surface area contributed by atoms with E-state index in [4.69, 9.17) is 0 Å². The van der Waals surface area contributed by atoms with Gasteiger partial charge in [-0.1, -0.05) is 31.9 Å². The van der Waals surface area contributed by atoms with Crippen LogP contribution in [-0.4, -0.2) is 6.36 Å². The normalized spacial score (nSPS) is 10.9. The molecule has 0 aliphatic rings. The second-order valence-electron chi connectivity index (χ2n) is 3.53. The summed E-state index contributed by atoms with van der Waals surface area (Å²) in [5.41, 5.74) is 0.888. The van der Waals surface area contributed by atoms with Crippen molar-refractivity contribution in [1.29, 1.82) is 0 Å². The summed E-state index contributed by atoms with van der Waals surface area (Å²) in [5, 5.41) is 0. The number of alkyl halides is 3. The third-order valence-electron chi connectivity index (χ3n) is 1.64. The minimum Gasteiger partial charge on any atom is -0.408 e. The minimum atomic E-state index is -4.62. The predicted octanol–water partition coefficient (Wildman–Crippen LogP) is 3.79. The molecule has 1 aromatic carbocycles. The van der Waals surface area contributed by atoms with Gasteiger partial charge in [-0.2, -0.15) is 24.1 Å². The molecule has 16 heavy (non-hydrogen) atoms. The summed E-state index contributed by atoms with van der Waals surface area (Å²) in [6, 6.07) is 5.81. The Labute approximate surface area is 86.9 Å². The topological polar surface area (TPSA) is 9.23 Å². The Bertz CT molecular complexity index is 306. The summed E-state index contributed by atoms with van der Waals surface area (Å²) < 4.78 is 39.2. The van der Waals surface area contributed by atoms with Crippen LogP contribution in [0, 0.1) is 12.3 Å². The van der Waals surface area contributed by atoms with Gasteiger partial charge in [0.05, 0.1) is 0 Å². The quantitative estimate of drug-likeness (QED) is 0.619. The van der Waals surface area contributed by atoms with Gasteiger partial charge in [0.15, 0.2) is 0 Å². The zero-order chi connectivity index (χ0) is 11.5. The van der Waals surface area contributed by atoms with Crippen LogP contribution in [0.15, 0.2) is 24.3 Å². The molecule has 5 heteroatoms. The largest absolute Gasteiger partial charge is 0.573 e. The second-order valence-corrected chi connectivity index (χ2v) is 3.53. The molecule has 0 unspecified atom stereocenters. The molecule has 0 bridgehead atoms. The summed E-state index contributed by atoms with van der Waals surface area (Å²) in [6.45, 7) is 4.00. The van der Waals surface area contributed by atoms with Gasteiger partial charge >= 0.3 is 6.36 Å². The Hall–Kier alpha value is -2.32. The van der Waals surface area contributed by atoms with Gasteiger partial charge in [-0.15, -0.1) is 13.2 Å². The summed E-state index contributed by atoms with van der Waals surface area (Å²) in [4.78, 5) is 0. The van der Waals surface area contributed by atoms with Crippen LogP contribution in [0.3, 0.4) is 0 Å². The van der Waals surface area contributed by atoms with Gasteiger partial charge in [0.1, 0.15) is 5.75 Å². The second kappa shape index (κ2) is 4.96. The molecule has 0 saturated heterocycles.